The maximum Gasteiger partial charge on any atom is 0.260 e. The van der Waals surface area contributed by atoms with E-state index in [0.29, 0.717) is 18.1 Å². The molecule has 0 aliphatic carbocycles. The van der Waals surface area contributed by atoms with Gasteiger partial charge in [-0.1, -0.05) is 6.07 Å². The fraction of sp³-hybridized carbons (Fsp3) is 0.400. The van der Waals surface area contributed by atoms with Gasteiger partial charge in [0, 0.05) is 7.05 Å². The fourth-order valence-corrected chi connectivity index (χ4v) is 2.03. The normalized spacial score (nSPS) is 10.5. The average Bonchev–Trinajstić information content (AvgIpc) is 2.80. The van der Waals surface area contributed by atoms with Gasteiger partial charge < -0.3 is 9.64 Å². The Kier molecular flexibility index (Phi) is 4.57. The Balaban J connectivity index is 1.88. The van der Waals surface area contributed by atoms with Gasteiger partial charge in [0.05, 0.1) is 6.54 Å². The van der Waals surface area contributed by atoms with Crippen molar-refractivity contribution in [3.05, 3.63) is 41.0 Å². The molecule has 0 saturated heterocycles. The van der Waals surface area contributed by atoms with E-state index in [9.17, 15) is 4.79 Å². The molecule has 0 atom stereocenters. The summed E-state index contributed by atoms with van der Waals surface area (Å²) in [6.45, 7) is 6.18. The van der Waals surface area contributed by atoms with Crippen LogP contribution >= 0.6 is 0 Å². The number of rotatable bonds is 5. The van der Waals surface area contributed by atoms with Crippen molar-refractivity contribution in [3.63, 3.8) is 0 Å². The van der Waals surface area contributed by atoms with Crippen LogP contribution in [0.5, 0.6) is 5.75 Å². The summed E-state index contributed by atoms with van der Waals surface area (Å²) >= 11 is 0. The lowest BCUT2D eigenvalue weighted by atomic mass is 10.1. The van der Waals surface area contributed by atoms with E-state index in [4.69, 9.17) is 4.74 Å². The van der Waals surface area contributed by atoms with Gasteiger partial charge in [0.2, 0.25) is 0 Å². The van der Waals surface area contributed by atoms with Crippen LogP contribution in [-0.2, 0) is 11.3 Å². The van der Waals surface area contributed by atoms with Crippen molar-refractivity contribution in [1.82, 2.24) is 20.1 Å². The maximum absolute atomic E-state index is 12.0. The zero-order valence-corrected chi connectivity index (χ0v) is 12.8. The zero-order valence-electron chi connectivity index (χ0n) is 12.8. The summed E-state index contributed by atoms with van der Waals surface area (Å²) < 4.78 is 5.55. The number of likely N-dealkylation sites (N-methyl/N-ethyl adjacent to an activating group) is 1. The van der Waals surface area contributed by atoms with Gasteiger partial charge in [0.25, 0.3) is 5.91 Å². The van der Waals surface area contributed by atoms with Crippen LogP contribution in [0, 0.1) is 20.8 Å². The topological polar surface area (TPSA) is 71.1 Å². The van der Waals surface area contributed by atoms with Crippen LogP contribution in [0.15, 0.2) is 18.2 Å². The molecular formula is C15H20N4O2. The minimum Gasteiger partial charge on any atom is -0.484 e. The molecule has 0 unspecified atom stereocenters. The van der Waals surface area contributed by atoms with Gasteiger partial charge in [-0.3, -0.25) is 9.89 Å². The fourth-order valence-electron chi connectivity index (χ4n) is 2.03. The molecule has 0 aliphatic rings. The Bertz CT molecular complexity index is 616. The van der Waals surface area contributed by atoms with E-state index >= 15 is 0 Å². The summed E-state index contributed by atoms with van der Waals surface area (Å²) in [6.07, 6.45) is 0. The van der Waals surface area contributed by atoms with E-state index in [2.05, 4.69) is 21.2 Å². The molecule has 6 heteroatoms. The third kappa shape index (κ3) is 4.30. The van der Waals surface area contributed by atoms with Gasteiger partial charge in [-0.05, 0) is 44.0 Å². The average molecular weight is 288 g/mol. The summed E-state index contributed by atoms with van der Waals surface area (Å²) in [5.41, 5.74) is 2.23. The molecule has 112 valence electrons. The summed E-state index contributed by atoms with van der Waals surface area (Å²) in [7, 11) is 1.71. The van der Waals surface area contributed by atoms with Crippen molar-refractivity contribution in [2.24, 2.45) is 0 Å². The number of aromatic amines is 1. The van der Waals surface area contributed by atoms with Gasteiger partial charge in [-0.2, -0.15) is 5.10 Å². The van der Waals surface area contributed by atoms with E-state index < -0.39 is 0 Å². The van der Waals surface area contributed by atoms with Crippen LogP contribution in [-0.4, -0.2) is 39.6 Å². The van der Waals surface area contributed by atoms with Crippen LogP contribution < -0.4 is 4.74 Å². The minimum absolute atomic E-state index is 0.00278. The molecule has 1 N–H and O–H groups in total. The number of aromatic nitrogens is 3. The number of aryl methyl sites for hydroxylation is 3. The van der Waals surface area contributed by atoms with Gasteiger partial charge in [0.1, 0.15) is 11.6 Å². The third-order valence-corrected chi connectivity index (χ3v) is 3.01. The van der Waals surface area contributed by atoms with Crippen molar-refractivity contribution in [2.75, 3.05) is 13.7 Å². The highest BCUT2D eigenvalue weighted by atomic mass is 16.5. The Hall–Kier alpha value is -2.37. The van der Waals surface area contributed by atoms with Crippen molar-refractivity contribution >= 4 is 5.91 Å². The molecular weight excluding hydrogens is 268 g/mol. The van der Waals surface area contributed by atoms with E-state index in [1.54, 1.807) is 11.9 Å². The Morgan fingerprint density at radius 1 is 1.24 bits per heavy atom. The molecule has 6 nitrogen and oxygen atoms in total. The van der Waals surface area contributed by atoms with Crippen molar-refractivity contribution in [3.8, 4) is 5.75 Å². The molecule has 0 radical (unpaired) electrons. The molecule has 2 rings (SSSR count). The van der Waals surface area contributed by atoms with Crippen LogP contribution in [0.1, 0.15) is 22.8 Å². The number of benzene rings is 1. The highest BCUT2D eigenvalue weighted by molar-refractivity contribution is 5.77. The van der Waals surface area contributed by atoms with Crippen LogP contribution in [0.2, 0.25) is 0 Å². The predicted molar refractivity (Wildman–Crippen MR) is 79.0 cm³/mol. The van der Waals surface area contributed by atoms with E-state index in [1.165, 1.54) is 0 Å². The number of amides is 1. The first-order valence-corrected chi connectivity index (χ1v) is 6.77. The maximum atomic E-state index is 12.0. The predicted octanol–water partition coefficient (Wildman–Crippen LogP) is 1.77. The van der Waals surface area contributed by atoms with Crippen molar-refractivity contribution < 1.29 is 9.53 Å². The van der Waals surface area contributed by atoms with Gasteiger partial charge in [0.15, 0.2) is 12.4 Å². The van der Waals surface area contributed by atoms with Crippen molar-refractivity contribution in [2.45, 2.75) is 27.3 Å². The molecule has 0 aliphatic heterocycles. The monoisotopic (exact) mass is 288 g/mol. The molecule has 21 heavy (non-hydrogen) atoms. The SMILES string of the molecule is Cc1cc(C)cc(OCC(=O)N(C)Cc2n[nH]c(C)n2)c1. The van der Waals surface area contributed by atoms with Crippen LogP contribution in [0.3, 0.4) is 0 Å². The molecule has 0 saturated carbocycles. The second kappa shape index (κ2) is 6.39. The molecule has 0 spiro atoms. The molecule has 1 aromatic heterocycles. The largest absolute Gasteiger partial charge is 0.484 e. The lowest BCUT2D eigenvalue weighted by Gasteiger charge is -2.16. The highest BCUT2D eigenvalue weighted by Gasteiger charge is 2.12. The second-order valence-electron chi connectivity index (χ2n) is 5.20. The Morgan fingerprint density at radius 2 is 1.90 bits per heavy atom. The van der Waals surface area contributed by atoms with Crippen LogP contribution in [0.4, 0.5) is 0 Å². The smallest absolute Gasteiger partial charge is 0.260 e. The lowest BCUT2D eigenvalue weighted by Crippen LogP contribution is -2.31. The summed E-state index contributed by atoms with van der Waals surface area (Å²) in [4.78, 5) is 17.8. The first kappa shape index (κ1) is 15.0. The number of nitrogens with zero attached hydrogens (tertiary/aromatic N) is 3. The van der Waals surface area contributed by atoms with Gasteiger partial charge in [-0.25, -0.2) is 4.98 Å². The lowest BCUT2D eigenvalue weighted by molar-refractivity contribution is -0.132. The van der Waals surface area contributed by atoms with Crippen molar-refractivity contribution in [1.29, 1.82) is 0 Å². The van der Waals surface area contributed by atoms with Gasteiger partial charge >= 0.3 is 0 Å². The van der Waals surface area contributed by atoms with Gasteiger partial charge in [-0.15, -0.1) is 0 Å². The van der Waals surface area contributed by atoms with E-state index in [0.717, 1.165) is 17.0 Å². The quantitative estimate of drug-likeness (QED) is 0.910. The number of carbonyl (C=O) groups excluding carboxylic acids is 1. The number of H-pyrrole nitrogens is 1. The number of ether oxygens (including phenoxy) is 1. The van der Waals surface area contributed by atoms with E-state index in [-0.39, 0.29) is 12.5 Å². The number of hydrogen-bond acceptors (Lipinski definition) is 4. The van der Waals surface area contributed by atoms with E-state index in [1.807, 2.05) is 32.9 Å². The summed E-state index contributed by atoms with van der Waals surface area (Å²) in [5, 5.41) is 6.76. The highest BCUT2D eigenvalue weighted by Crippen LogP contribution is 2.16. The Labute approximate surface area is 124 Å². The molecule has 1 amide bonds. The number of hydrogen-bond donors (Lipinski definition) is 1. The third-order valence-electron chi connectivity index (χ3n) is 3.01. The first-order valence-electron chi connectivity index (χ1n) is 6.77. The summed E-state index contributed by atoms with van der Waals surface area (Å²) in [6, 6.07) is 5.89. The second-order valence-corrected chi connectivity index (χ2v) is 5.20. The molecule has 0 bridgehead atoms. The first-order chi connectivity index (χ1) is 9.94. The molecule has 2 aromatic rings. The van der Waals surface area contributed by atoms with Crippen LogP contribution in [0.25, 0.3) is 0 Å². The molecule has 1 heterocycles. The number of nitrogens with one attached hydrogen (secondary N) is 1. The Morgan fingerprint density at radius 3 is 2.48 bits per heavy atom. The minimum atomic E-state index is -0.114. The molecule has 0 fully saturated rings. The molecule has 1 aromatic carbocycles. The summed E-state index contributed by atoms with van der Waals surface area (Å²) in [5.74, 6) is 1.92. The zero-order chi connectivity index (χ0) is 15.4. The standard InChI is InChI=1S/C15H20N4O2/c1-10-5-11(2)7-13(6-10)21-9-15(20)19(4)8-14-16-12(3)17-18-14/h5-7H,8-9H2,1-4H3,(H,16,17,18). The number of carbonyl (C=O) groups is 1.